The van der Waals surface area contributed by atoms with Crippen molar-refractivity contribution in [2.24, 2.45) is 0 Å². The molecule has 2 aromatic rings. The van der Waals surface area contributed by atoms with Crippen molar-refractivity contribution in [2.75, 3.05) is 5.01 Å². The van der Waals surface area contributed by atoms with E-state index in [0.29, 0.717) is 17.3 Å². The lowest BCUT2D eigenvalue weighted by Gasteiger charge is -2.23. The number of carboxylic acids is 1. The van der Waals surface area contributed by atoms with E-state index in [0.717, 1.165) is 6.07 Å². The molecule has 2 aromatic carbocycles. The van der Waals surface area contributed by atoms with Gasteiger partial charge in [0.2, 0.25) is 0 Å². The van der Waals surface area contributed by atoms with Crippen LogP contribution in [0.15, 0.2) is 42.5 Å². The summed E-state index contributed by atoms with van der Waals surface area (Å²) in [5.74, 6) is -1.23. The van der Waals surface area contributed by atoms with E-state index < -0.39 is 47.6 Å². The Balaban J connectivity index is 2.00. The average Bonchev–Trinajstić information content (AvgIpc) is 2.92. The molecule has 0 aliphatic carbocycles. The van der Waals surface area contributed by atoms with Gasteiger partial charge >= 0.3 is 18.3 Å². The van der Waals surface area contributed by atoms with Gasteiger partial charge in [-0.2, -0.15) is 26.3 Å². The van der Waals surface area contributed by atoms with Gasteiger partial charge in [-0.3, -0.25) is 4.79 Å². The summed E-state index contributed by atoms with van der Waals surface area (Å²) in [4.78, 5) is 11.3. The largest absolute Gasteiger partial charge is 0.480 e. The van der Waals surface area contributed by atoms with Crippen LogP contribution in [-0.2, 0) is 23.7 Å². The molecule has 0 spiro atoms. The maximum absolute atomic E-state index is 13.3. The molecule has 3 rings (SSSR count). The fourth-order valence-corrected chi connectivity index (χ4v) is 2.92. The third-order valence-corrected chi connectivity index (χ3v) is 4.14. The normalized spacial score (nSPS) is 17.1. The van der Waals surface area contributed by atoms with Crippen LogP contribution in [0.25, 0.3) is 0 Å². The molecule has 0 aromatic heterocycles. The highest BCUT2D eigenvalue weighted by Crippen LogP contribution is 2.39. The van der Waals surface area contributed by atoms with Gasteiger partial charge in [0.15, 0.2) is 6.04 Å². The molecular weight excluding hydrogens is 378 g/mol. The van der Waals surface area contributed by atoms with Gasteiger partial charge in [0.25, 0.3) is 0 Å². The smallest absolute Gasteiger partial charge is 0.416 e. The summed E-state index contributed by atoms with van der Waals surface area (Å²) < 4.78 is 78.2. The van der Waals surface area contributed by atoms with Crippen LogP contribution in [0, 0.1) is 0 Å². The van der Waals surface area contributed by atoms with Gasteiger partial charge in [-0.25, -0.2) is 5.43 Å². The van der Waals surface area contributed by atoms with E-state index in [9.17, 15) is 36.2 Å². The second-order valence-electron chi connectivity index (χ2n) is 5.91. The number of nitrogens with zero attached hydrogens (tertiary/aromatic N) is 1. The Morgan fingerprint density at radius 2 is 1.70 bits per heavy atom. The number of para-hydroxylation sites is 1. The first kappa shape index (κ1) is 19.0. The number of hydrazine groups is 1. The van der Waals surface area contributed by atoms with Gasteiger partial charge in [0.1, 0.15) is 0 Å². The first-order chi connectivity index (χ1) is 12.5. The number of fused-ring (bicyclic) bond motifs is 1. The van der Waals surface area contributed by atoms with Gasteiger partial charge < -0.3 is 10.1 Å². The molecule has 27 heavy (non-hydrogen) atoms. The zero-order valence-corrected chi connectivity index (χ0v) is 13.4. The predicted molar refractivity (Wildman–Crippen MR) is 82.6 cm³/mol. The summed E-state index contributed by atoms with van der Waals surface area (Å²) in [5.41, 5.74) is 0.0298. The predicted octanol–water partition coefficient (Wildman–Crippen LogP) is 4.37. The molecule has 0 saturated heterocycles. The van der Waals surface area contributed by atoms with Crippen molar-refractivity contribution in [2.45, 2.75) is 24.9 Å². The summed E-state index contributed by atoms with van der Waals surface area (Å²) in [6, 6.07) is 6.41. The molecular formula is C17H12F6N2O2. The van der Waals surface area contributed by atoms with Crippen LogP contribution in [0.2, 0.25) is 0 Å². The third-order valence-electron chi connectivity index (χ3n) is 4.14. The molecule has 10 heteroatoms. The van der Waals surface area contributed by atoms with Crippen molar-refractivity contribution in [1.29, 1.82) is 0 Å². The van der Waals surface area contributed by atoms with E-state index in [4.69, 9.17) is 0 Å². The Bertz CT molecular complexity index is 878. The van der Waals surface area contributed by atoms with E-state index >= 15 is 0 Å². The number of hydrogen-bond donors (Lipinski definition) is 2. The summed E-state index contributed by atoms with van der Waals surface area (Å²) in [5, 5.41) is 10.4. The average molecular weight is 390 g/mol. The molecule has 0 fully saturated rings. The number of anilines is 1. The number of carboxylic acid groups (broad SMARTS) is 1. The van der Waals surface area contributed by atoms with Gasteiger partial charge in [-0.1, -0.05) is 24.3 Å². The highest BCUT2D eigenvalue weighted by molar-refractivity contribution is 5.81. The summed E-state index contributed by atoms with van der Waals surface area (Å²) >= 11 is 0. The SMILES string of the molecule is O=C(O)C1NN(Cc2ccc(C(F)(F)F)cc2C(F)(F)F)c2ccccc21. The molecule has 1 aliphatic heterocycles. The Morgan fingerprint density at radius 1 is 1.04 bits per heavy atom. The zero-order chi connectivity index (χ0) is 20.0. The van der Waals surface area contributed by atoms with Gasteiger partial charge in [-0.15, -0.1) is 0 Å². The number of halogens is 6. The highest BCUT2D eigenvalue weighted by Gasteiger charge is 2.39. The second-order valence-corrected chi connectivity index (χ2v) is 5.91. The van der Waals surface area contributed by atoms with Crippen LogP contribution in [0.4, 0.5) is 32.0 Å². The number of benzene rings is 2. The van der Waals surface area contributed by atoms with Crippen LogP contribution < -0.4 is 10.4 Å². The number of hydrogen-bond acceptors (Lipinski definition) is 3. The van der Waals surface area contributed by atoms with E-state index in [1.807, 2.05) is 0 Å². The quantitative estimate of drug-likeness (QED) is 0.764. The Kier molecular flexibility index (Phi) is 4.54. The molecule has 0 bridgehead atoms. The van der Waals surface area contributed by atoms with Crippen LogP contribution in [-0.4, -0.2) is 11.1 Å². The van der Waals surface area contributed by atoms with E-state index in [1.54, 1.807) is 12.1 Å². The van der Waals surface area contributed by atoms with Gasteiger partial charge in [-0.05, 0) is 23.8 Å². The Hall–Kier alpha value is -2.75. The third kappa shape index (κ3) is 3.70. The lowest BCUT2D eigenvalue weighted by Crippen LogP contribution is -2.37. The fraction of sp³-hybridized carbons (Fsp3) is 0.235. The van der Waals surface area contributed by atoms with Gasteiger partial charge in [0.05, 0.1) is 23.4 Å². The zero-order valence-electron chi connectivity index (χ0n) is 13.4. The van der Waals surface area contributed by atoms with Crippen LogP contribution in [0.3, 0.4) is 0 Å². The van der Waals surface area contributed by atoms with Crippen LogP contribution >= 0.6 is 0 Å². The number of rotatable bonds is 3. The van der Waals surface area contributed by atoms with E-state index in [2.05, 4.69) is 5.43 Å². The van der Waals surface area contributed by atoms with Crippen molar-refractivity contribution in [3.63, 3.8) is 0 Å². The van der Waals surface area contributed by atoms with Crippen molar-refractivity contribution >= 4 is 11.7 Å². The molecule has 1 heterocycles. The minimum Gasteiger partial charge on any atom is -0.480 e. The molecule has 2 N–H and O–H groups in total. The minimum absolute atomic E-state index is 0.0615. The molecule has 1 unspecified atom stereocenters. The molecule has 144 valence electrons. The Labute approximate surface area is 149 Å². The topological polar surface area (TPSA) is 52.6 Å². The van der Waals surface area contributed by atoms with Gasteiger partial charge in [0, 0.05) is 5.56 Å². The molecule has 1 atom stereocenters. The van der Waals surface area contributed by atoms with Crippen molar-refractivity contribution in [1.82, 2.24) is 5.43 Å². The van der Waals surface area contributed by atoms with E-state index in [-0.39, 0.29) is 6.07 Å². The maximum Gasteiger partial charge on any atom is 0.416 e. The Morgan fingerprint density at radius 3 is 2.30 bits per heavy atom. The molecule has 0 radical (unpaired) electrons. The summed E-state index contributed by atoms with van der Waals surface area (Å²) in [6.45, 7) is -0.465. The van der Waals surface area contributed by atoms with Crippen molar-refractivity contribution in [3.05, 3.63) is 64.7 Å². The number of carbonyl (C=O) groups is 1. The molecule has 4 nitrogen and oxygen atoms in total. The molecule has 0 saturated carbocycles. The number of nitrogens with one attached hydrogen (secondary N) is 1. The first-order valence-electron chi connectivity index (χ1n) is 7.61. The fourth-order valence-electron chi connectivity index (χ4n) is 2.92. The lowest BCUT2D eigenvalue weighted by atomic mass is 10.0. The van der Waals surface area contributed by atoms with Crippen molar-refractivity contribution < 1.29 is 36.2 Å². The minimum atomic E-state index is -5.00. The standard InChI is InChI=1S/C17H12F6N2O2/c18-16(19,20)10-6-5-9(12(7-10)17(21,22)23)8-25-13-4-2-1-3-11(13)14(24-25)15(26)27/h1-7,14,24H,8H2,(H,26,27). The maximum atomic E-state index is 13.3. The number of aliphatic carboxylic acids is 1. The molecule has 0 amide bonds. The van der Waals surface area contributed by atoms with Crippen LogP contribution in [0.5, 0.6) is 0 Å². The monoisotopic (exact) mass is 390 g/mol. The number of alkyl halides is 6. The summed E-state index contributed by atoms with van der Waals surface area (Å²) in [7, 11) is 0. The second kappa shape index (κ2) is 6.45. The lowest BCUT2D eigenvalue weighted by molar-refractivity contribution is -0.144. The first-order valence-corrected chi connectivity index (χ1v) is 7.61. The van der Waals surface area contributed by atoms with Crippen LogP contribution in [0.1, 0.15) is 28.3 Å². The van der Waals surface area contributed by atoms with E-state index in [1.165, 1.54) is 17.1 Å². The van der Waals surface area contributed by atoms with Crippen molar-refractivity contribution in [3.8, 4) is 0 Å². The molecule has 1 aliphatic rings. The summed E-state index contributed by atoms with van der Waals surface area (Å²) in [6.07, 6.45) is -9.91. The highest BCUT2D eigenvalue weighted by atomic mass is 19.4.